The highest BCUT2D eigenvalue weighted by atomic mass is 32.2. The summed E-state index contributed by atoms with van der Waals surface area (Å²) in [5, 5.41) is 9.49. The molecule has 2 atom stereocenters. The molecule has 0 aromatic carbocycles. The van der Waals surface area contributed by atoms with Crippen LogP contribution < -0.4 is 5.73 Å². The van der Waals surface area contributed by atoms with E-state index in [9.17, 15) is 5.11 Å². The fourth-order valence-electron chi connectivity index (χ4n) is 1.70. The number of aliphatic hydroxyl groups excluding tert-OH is 1. The summed E-state index contributed by atoms with van der Waals surface area (Å²) in [5.41, 5.74) is 6.03. The zero-order valence-corrected chi connectivity index (χ0v) is 11.8. The molecule has 3 nitrogen and oxygen atoms in total. The van der Waals surface area contributed by atoms with E-state index in [1.807, 2.05) is 11.8 Å². The molecular weight excluding hydrogens is 220 g/mol. The van der Waals surface area contributed by atoms with Gasteiger partial charge in [0.05, 0.1) is 6.61 Å². The number of hydrogen-bond donors (Lipinski definition) is 2. The van der Waals surface area contributed by atoms with Crippen LogP contribution in [-0.4, -0.2) is 53.3 Å². The molecule has 0 heterocycles. The highest BCUT2D eigenvalue weighted by molar-refractivity contribution is 8.00. The first-order valence-electron chi connectivity index (χ1n) is 6.39. The minimum atomic E-state index is 0.136. The van der Waals surface area contributed by atoms with E-state index in [4.69, 9.17) is 5.73 Å². The van der Waals surface area contributed by atoms with Gasteiger partial charge in [-0.1, -0.05) is 27.2 Å². The van der Waals surface area contributed by atoms with Crippen molar-refractivity contribution in [3.8, 4) is 0 Å². The standard InChI is InChI=1S/C12H28N2OS/c1-4-7-11(13)12(10-15)16-9-8-14(5-2)6-3/h11-12,15H,4-10,13H2,1-3H3. The van der Waals surface area contributed by atoms with Crippen molar-refractivity contribution in [1.29, 1.82) is 0 Å². The first kappa shape index (κ1) is 16.2. The highest BCUT2D eigenvalue weighted by Gasteiger charge is 2.16. The molecule has 0 aliphatic carbocycles. The van der Waals surface area contributed by atoms with Crippen LogP contribution in [0.4, 0.5) is 0 Å². The van der Waals surface area contributed by atoms with Gasteiger partial charge < -0.3 is 15.7 Å². The Kier molecular flexibility index (Phi) is 10.5. The first-order valence-corrected chi connectivity index (χ1v) is 7.44. The molecule has 0 aliphatic heterocycles. The molecule has 0 amide bonds. The lowest BCUT2D eigenvalue weighted by Crippen LogP contribution is -2.36. The van der Waals surface area contributed by atoms with Crippen LogP contribution in [-0.2, 0) is 0 Å². The SMILES string of the molecule is CCCC(N)C(CO)SCCN(CC)CC. The normalized spacial score (nSPS) is 15.4. The van der Waals surface area contributed by atoms with Crippen molar-refractivity contribution in [3.05, 3.63) is 0 Å². The Morgan fingerprint density at radius 1 is 1.25 bits per heavy atom. The summed E-state index contributed by atoms with van der Waals surface area (Å²) >= 11 is 1.81. The fourth-order valence-corrected chi connectivity index (χ4v) is 2.86. The van der Waals surface area contributed by atoms with Crippen molar-refractivity contribution in [2.45, 2.75) is 44.9 Å². The largest absolute Gasteiger partial charge is 0.395 e. The molecule has 3 N–H and O–H groups in total. The van der Waals surface area contributed by atoms with Gasteiger partial charge in [0.1, 0.15) is 0 Å². The molecule has 98 valence electrons. The van der Waals surface area contributed by atoms with Crippen molar-refractivity contribution >= 4 is 11.8 Å². The Labute approximate surface area is 105 Å². The summed E-state index contributed by atoms with van der Waals surface area (Å²) in [5.74, 6) is 1.06. The van der Waals surface area contributed by atoms with Gasteiger partial charge in [0.2, 0.25) is 0 Å². The summed E-state index contributed by atoms with van der Waals surface area (Å²) in [6, 6.07) is 0.136. The zero-order valence-electron chi connectivity index (χ0n) is 11.0. The van der Waals surface area contributed by atoms with Crippen LogP contribution in [0.3, 0.4) is 0 Å². The van der Waals surface area contributed by atoms with E-state index in [2.05, 4.69) is 25.7 Å². The van der Waals surface area contributed by atoms with E-state index in [0.717, 1.165) is 38.2 Å². The van der Waals surface area contributed by atoms with Gasteiger partial charge in [0, 0.05) is 23.6 Å². The molecule has 16 heavy (non-hydrogen) atoms. The third-order valence-corrected chi connectivity index (χ3v) is 4.26. The fraction of sp³-hybridized carbons (Fsp3) is 1.00. The quantitative estimate of drug-likeness (QED) is 0.616. The van der Waals surface area contributed by atoms with Crippen LogP contribution in [0, 0.1) is 0 Å². The van der Waals surface area contributed by atoms with Gasteiger partial charge in [-0.05, 0) is 19.5 Å². The van der Waals surface area contributed by atoms with Crippen LogP contribution in [0.5, 0.6) is 0 Å². The van der Waals surface area contributed by atoms with Gasteiger partial charge in [-0.2, -0.15) is 11.8 Å². The van der Waals surface area contributed by atoms with Crippen molar-refractivity contribution in [1.82, 2.24) is 4.90 Å². The maximum Gasteiger partial charge on any atom is 0.0565 e. The number of nitrogens with zero attached hydrogens (tertiary/aromatic N) is 1. The molecule has 0 radical (unpaired) electrons. The van der Waals surface area contributed by atoms with Gasteiger partial charge >= 0.3 is 0 Å². The molecule has 0 fully saturated rings. The molecular formula is C12H28N2OS. The maximum atomic E-state index is 9.29. The third-order valence-electron chi connectivity index (χ3n) is 2.91. The second-order valence-corrected chi connectivity index (χ2v) is 5.42. The Morgan fingerprint density at radius 3 is 2.31 bits per heavy atom. The minimum absolute atomic E-state index is 0.136. The zero-order chi connectivity index (χ0) is 12.4. The lowest BCUT2D eigenvalue weighted by atomic mass is 10.1. The number of hydrogen-bond acceptors (Lipinski definition) is 4. The molecule has 2 unspecified atom stereocenters. The molecule has 0 saturated heterocycles. The molecule has 0 bridgehead atoms. The number of thioether (sulfide) groups is 1. The maximum absolute atomic E-state index is 9.29. The monoisotopic (exact) mass is 248 g/mol. The summed E-state index contributed by atoms with van der Waals surface area (Å²) < 4.78 is 0. The van der Waals surface area contributed by atoms with E-state index in [0.29, 0.717) is 0 Å². The average molecular weight is 248 g/mol. The van der Waals surface area contributed by atoms with Crippen molar-refractivity contribution < 1.29 is 5.11 Å². The van der Waals surface area contributed by atoms with Crippen LogP contribution in [0.2, 0.25) is 0 Å². The van der Waals surface area contributed by atoms with Gasteiger partial charge in [0.25, 0.3) is 0 Å². The molecule has 4 heteroatoms. The summed E-state index contributed by atoms with van der Waals surface area (Å²) in [6.07, 6.45) is 2.10. The number of nitrogens with two attached hydrogens (primary N) is 1. The second-order valence-electron chi connectivity index (χ2n) is 4.07. The Balaban J connectivity index is 3.77. The van der Waals surface area contributed by atoms with Crippen molar-refractivity contribution in [3.63, 3.8) is 0 Å². The third kappa shape index (κ3) is 6.74. The van der Waals surface area contributed by atoms with Crippen LogP contribution in [0.15, 0.2) is 0 Å². The van der Waals surface area contributed by atoms with Crippen LogP contribution in [0.25, 0.3) is 0 Å². The summed E-state index contributed by atoms with van der Waals surface area (Å²) in [7, 11) is 0. The van der Waals surface area contributed by atoms with Gasteiger partial charge in [-0.3, -0.25) is 0 Å². The minimum Gasteiger partial charge on any atom is -0.395 e. The Morgan fingerprint density at radius 2 is 1.88 bits per heavy atom. The van der Waals surface area contributed by atoms with Crippen molar-refractivity contribution in [2.24, 2.45) is 5.73 Å². The predicted octanol–water partition coefficient (Wildman–Crippen LogP) is 1.55. The van der Waals surface area contributed by atoms with E-state index in [-0.39, 0.29) is 17.9 Å². The number of rotatable bonds is 10. The van der Waals surface area contributed by atoms with E-state index < -0.39 is 0 Å². The Hall–Kier alpha value is 0.230. The molecule has 0 spiro atoms. The highest BCUT2D eigenvalue weighted by Crippen LogP contribution is 2.16. The summed E-state index contributed by atoms with van der Waals surface area (Å²) in [4.78, 5) is 2.40. The van der Waals surface area contributed by atoms with E-state index >= 15 is 0 Å². The second kappa shape index (κ2) is 10.4. The first-order chi connectivity index (χ1) is 7.69. The molecule has 0 aliphatic rings. The molecule has 0 rings (SSSR count). The predicted molar refractivity (Wildman–Crippen MR) is 74.0 cm³/mol. The van der Waals surface area contributed by atoms with Gasteiger partial charge in [-0.15, -0.1) is 0 Å². The average Bonchev–Trinajstić information content (AvgIpc) is 2.30. The van der Waals surface area contributed by atoms with E-state index in [1.54, 1.807) is 0 Å². The van der Waals surface area contributed by atoms with Gasteiger partial charge in [0.15, 0.2) is 0 Å². The van der Waals surface area contributed by atoms with Crippen LogP contribution >= 0.6 is 11.8 Å². The summed E-state index contributed by atoms with van der Waals surface area (Å²) in [6.45, 7) is 9.98. The lowest BCUT2D eigenvalue weighted by molar-refractivity contribution is 0.279. The Bertz CT molecular complexity index is 154. The van der Waals surface area contributed by atoms with Crippen molar-refractivity contribution in [2.75, 3.05) is 32.0 Å². The van der Waals surface area contributed by atoms with Crippen LogP contribution in [0.1, 0.15) is 33.6 Å². The number of aliphatic hydroxyl groups is 1. The molecule has 0 aromatic heterocycles. The van der Waals surface area contributed by atoms with Gasteiger partial charge in [-0.25, -0.2) is 0 Å². The molecule has 0 aromatic rings. The lowest BCUT2D eigenvalue weighted by Gasteiger charge is -2.23. The molecule has 0 saturated carbocycles. The topological polar surface area (TPSA) is 49.5 Å². The smallest absolute Gasteiger partial charge is 0.0565 e. The van der Waals surface area contributed by atoms with E-state index in [1.165, 1.54) is 0 Å².